The summed E-state index contributed by atoms with van der Waals surface area (Å²) in [7, 11) is 0. The van der Waals surface area contributed by atoms with Crippen molar-refractivity contribution in [2.45, 2.75) is 39.0 Å². The third-order valence-electron chi connectivity index (χ3n) is 2.18. The minimum atomic E-state index is -4.36. The number of halogens is 3. The molecular formula is C11H14F3NO. The summed E-state index contributed by atoms with van der Waals surface area (Å²) < 4.78 is 41.2. The standard InChI is InChI=1S/C11H14F3NO/c1-7(2)9-4-5-10(15-6-9)16-8(3)11(12,13)14/h4-8H,1-3H3. The van der Waals surface area contributed by atoms with Crippen molar-refractivity contribution in [3.05, 3.63) is 23.9 Å². The molecule has 90 valence electrons. The summed E-state index contributed by atoms with van der Waals surface area (Å²) in [6.07, 6.45) is -4.67. The Labute approximate surface area is 92.5 Å². The van der Waals surface area contributed by atoms with Gasteiger partial charge in [0, 0.05) is 12.3 Å². The summed E-state index contributed by atoms with van der Waals surface area (Å²) in [5.74, 6) is 0.288. The van der Waals surface area contributed by atoms with E-state index in [9.17, 15) is 13.2 Å². The Balaban J connectivity index is 2.69. The summed E-state index contributed by atoms with van der Waals surface area (Å²) in [5.41, 5.74) is 0.965. The average Bonchev–Trinajstić information content (AvgIpc) is 2.17. The predicted octanol–water partition coefficient (Wildman–Crippen LogP) is 3.53. The molecule has 1 heterocycles. The monoisotopic (exact) mass is 233 g/mol. The van der Waals surface area contributed by atoms with E-state index >= 15 is 0 Å². The number of hydrogen-bond donors (Lipinski definition) is 0. The quantitative estimate of drug-likeness (QED) is 0.796. The van der Waals surface area contributed by atoms with Crippen LogP contribution in [0, 0.1) is 0 Å². The van der Waals surface area contributed by atoms with Gasteiger partial charge in [-0.15, -0.1) is 0 Å². The summed E-state index contributed by atoms with van der Waals surface area (Å²) in [6, 6.07) is 3.17. The molecule has 0 bridgehead atoms. The van der Waals surface area contributed by atoms with E-state index in [4.69, 9.17) is 0 Å². The number of alkyl halides is 3. The lowest BCUT2D eigenvalue weighted by Gasteiger charge is -2.17. The van der Waals surface area contributed by atoms with Crippen LogP contribution in [0.4, 0.5) is 13.2 Å². The van der Waals surface area contributed by atoms with E-state index in [2.05, 4.69) is 9.72 Å². The van der Waals surface area contributed by atoms with Crippen LogP contribution in [0.2, 0.25) is 0 Å². The molecule has 0 spiro atoms. The molecule has 0 radical (unpaired) electrons. The zero-order chi connectivity index (χ0) is 12.3. The fraction of sp³-hybridized carbons (Fsp3) is 0.545. The number of hydrogen-bond acceptors (Lipinski definition) is 2. The summed E-state index contributed by atoms with van der Waals surface area (Å²) in [4.78, 5) is 3.83. The topological polar surface area (TPSA) is 22.1 Å². The van der Waals surface area contributed by atoms with Gasteiger partial charge in [0.1, 0.15) is 0 Å². The Hall–Kier alpha value is -1.26. The van der Waals surface area contributed by atoms with Crippen LogP contribution >= 0.6 is 0 Å². The second kappa shape index (κ2) is 4.72. The highest BCUT2D eigenvalue weighted by Gasteiger charge is 2.38. The van der Waals surface area contributed by atoms with Gasteiger partial charge in [-0.1, -0.05) is 19.9 Å². The zero-order valence-corrected chi connectivity index (χ0v) is 9.38. The molecule has 0 aliphatic heterocycles. The number of nitrogens with zero attached hydrogens (tertiary/aromatic N) is 1. The van der Waals surface area contributed by atoms with E-state index in [-0.39, 0.29) is 5.88 Å². The van der Waals surface area contributed by atoms with Crippen LogP contribution in [-0.4, -0.2) is 17.3 Å². The van der Waals surface area contributed by atoms with Gasteiger partial charge < -0.3 is 4.74 Å². The molecule has 0 aliphatic rings. The van der Waals surface area contributed by atoms with Crippen molar-refractivity contribution in [1.29, 1.82) is 0 Å². The molecule has 1 atom stereocenters. The zero-order valence-electron chi connectivity index (χ0n) is 9.38. The van der Waals surface area contributed by atoms with E-state index in [0.717, 1.165) is 12.5 Å². The van der Waals surface area contributed by atoms with Crippen molar-refractivity contribution in [1.82, 2.24) is 4.98 Å². The first-order chi connectivity index (χ1) is 7.30. The van der Waals surface area contributed by atoms with Crippen LogP contribution in [0.1, 0.15) is 32.3 Å². The molecule has 1 aromatic heterocycles. The lowest BCUT2D eigenvalue weighted by Crippen LogP contribution is -2.31. The molecule has 0 N–H and O–H groups in total. The van der Waals surface area contributed by atoms with E-state index in [1.165, 1.54) is 12.3 Å². The van der Waals surface area contributed by atoms with Crippen LogP contribution in [0.5, 0.6) is 5.88 Å². The maximum absolute atomic E-state index is 12.2. The van der Waals surface area contributed by atoms with Crippen molar-refractivity contribution in [3.63, 3.8) is 0 Å². The number of aromatic nitrogens is 1. The minimum absolute atomic E-state index is 0.00535. The summed E-state index contributed by atoms with van der Waals surface area (Å²) in [5, 5.41) is 0. The largest absolute Gasteiger partial charge is 0.465 e. The number of pyridine rings is 1. The Kier molecular flexibility index (Phi) is 3.78. The number of ether oxygens (including phenoxy) is 1. The molecular weight excluding hydrogens is 219 g/mol. The highest BCUT2D eigenvalue weighted by molar-refractivity contribution is 5.20. The molecule has 1 unspecified atom stereocenters. The SMILES string of the molecule is CC(C)c1ccc(OC(C)C(F)(F)F)nc1. The van der Waals surface area contributed by atoms with E-state index in [1.807, 2.05) is 13.8 Å². The first-order valence-electron chi connectivity index (χ1n) is 5.00. The fourth-order valence-corrected chi connectivity index (χ4v) is 1.05. The van der Waals surface area contributed by atoms with Gasteiger partial charge in [0.15, 0.2) is 6.10 Å². The van der Waals surface area contributed by atoms with Crippen molar-refractivity contribution in [2.75, 3.05) is 0 Å². The molecule has 5 heteroatoms. The van der Waals surface area contributed by atoms with Gasteiger partial charge in [0.2, 0.25) is 5.88 Å². The van der Waals surface area contributed by atoms with Crippen LogP contribution < -0.4 is 4.74 Å². The summed E-state index contributed by atoms with van der Waals surface area (Å²) in [6.45, 7) is 4.92. The predicted molar refractivity (Wildman–Crippen MR) is 54.5 cm³/mol. The van der Waals surface area contributed by atoms with Crippen molar-refractivity contribution in [2.24, 2.45) is 0 Å². The summed E-state index contributed by atoms with van der Waals surface area (Å²) >= 11 is 0. The molecule has 0 fully saturated rings. The molecule has 0 saturated heterocycles. The van der Waals surface area contributed by atoms with E-state index < -0.39 is 12.3 Å². The van der Waals surface area contributed by atoms with Gasteiger partial charge >= 0.3 is 6.18 Å². The van der Waals surface area contributed by atoms with Gasteiger partial charge in [-0.3, -0.25) is 0 Å². The molecule has 2 nitrogen and oxygen atoms in total. The third kappa shape index (κ3) is 3.40. The Morgan fingerprint density at radius 1 is 1.19 bits per heavy atom. The lowest BCUT2D eigenvalue weighted by molar-refractivity contribution is -0.189. The van der Waals surface area contributed by atoms with Gasteiger partial charge in [-0.05, 0) is 18.4 Å². The average molecular weight is 233 g/mol. The first kappa shape index (κ1) is 12.8. The molecule has 0 saturated carbocycles. The van der Waals surface area contributed by atoms with Crippen molar-refractivity contribution >= 4 is 0 Å². The molecule has 1 aromatic rings. The maximum Gasteiger partial charge on any atom is 0.425 e. The molecule has 0 amide bonds. The molecule has 0 aromatic carbocycles. The Morgan fingerprint density at radius 2 is 1.81 bits per heavy atom. The first-order valence-corrected chi connectivity index (χ1v) is 5.00. The smallest absolute Gasteiger partial charge is 0.425 e. The minimum Gasteiger partial charge on any atom is -0.465 e. The second-order valence-corrected chi connectivity index (χ2v) is 3.89. The van der Waals surface area contributed by atoms with E-state index in [1.54, 1.807) is 6.07 Å². The fourth-order valence-electron chi connectivity index (χ4n) is 1.05. The Morgan fingerprint density at radius 3 is 2.19 bits per heavy atom. The van der Waals surface area contributed by atoms with Gasteiger partial charge in [0.05, 0.1) is 0 Å². The molecule has 16 heavy (non-hydrogen) atoms. The van der Waals surface area contributed by atoms with Crippen LogP contribution in [0.3, 0.4) is 0 Å². The third-order valence-corrected chi connectivity index (χ3v) is 2.18. The molecule has 1 rings (SSSR count). The highest BCUT2D eigenvalue weighted by Crippen LogP contribution is 2.24. The highest BCUT2D eigenvalue weighted by atomic mass is 19.4. The second-order valence-electron chi connectivity index (χ2n) is 3.89. The maximum atomic E-state index is 12.2. The van der Waals surface area contributed by atoms with Gasteiger partial charge in [0.25, 0.3) is 0 Å². The van der Waals surface area contributed by atoms with Crippen molar-refractivity contribution < 1.29 is 17.9 Å². The van der Waals surface area contributed by atoms with E-state index in [0.29, 0.717) is 5.92 Å². The number of rotatable bonds is 3. The normalized spacial score (nSPS) is 13.9. The van der Waals surface area contributed by atoms with Gasteiger partial charge in [-0.2, -0.15) is 13.2 Å². The van der Waals surface area contributed by atoms with Crippen LogP contribution in [-0.2, 0) is 0 Å². The lowest BCUT2D eigenvalue weighted by atomic mass is 10.1. The molecule has 0 aliphatic carbocycles. The Bertz CT molecular complexity index is 332. The van der Waals surface area contributed by atoms with Crippen molar-refractivity contribution in [3.8, 4) is 5.88 Å². The van der Waals surface area contributed by atoms with Gasteiger partial charge in [-0.25, -0.2) is 4.98 Å². The van der Waals surface area contributed by atoms with Crippen LogP contribution in [0.25, 0.3) is 0 Å². The van der Waals surface area contributed by atoms with Crippen LogP contribution in [0.15, 0.2) is 18.3 Å².